The summed E-state index contributed by atoms with van der Waals surface area (Å²) in [7, 11) is 0. The first-order valence-electron chi connectivity index (χ1n) is 9.44. The number of nitrogens with zero attached hydrogens (tertiary/aromatic N) is 3. The zero-order valence-electron chi connectivity index (χ0n) is 15.2. The monoisotopic (exact) mass is 385 g/mol. The van der Waals surface area contributed by atoms with E-state index in [0.29, 0.717) is 17.7 Å². The molecule has 1 aliphatic carbocycles. The molecule has 27 heavy (non-hydrogen) atoms. The van der Waals surface area contributed by atoms with Crippen molar-refractivity contribution in [1.82, 2.24) is 20.4 Å². The summed E-state index contributed by atoms with van der Waals surface area (Å²) in [5.74, 6) is 0.134. The minimum atomic E-state index is 0.134. The van der Waals surface area contributed by atoms with E-state index >= 15 is 0 Å². The largest absolute Gasteiger partial charge is 0.508 e. The van der Waals surface area contributed by atoms with Gasteiger partial charge in [0.05, 0.1) is 0 Å². The van der Waals surface area contributed by atoms with Crippen molar-refractivity contribution in [2.45, 2.75) is 38.3 Å². The molecule has 3 N–H and O–H groups in total. The predicted octanol–water partition coefficient (Wildman–Crippen LogP) is 3.41. The number of benzene rings is 1. The first kappa shape index (κ1) is 18.1. The summed E-state index contributed by atoms with van der Waals surface area (Å²) in [5, 5.41) is 22.1. The molecule has 7 heteroatoms. The second-order valence-electron chi connectivity index (χ2n) is 7.03. The Balaban J connectivity index is 1.56. The molecule has 1 aromatic heterocycles. The van der Waals surface area contributed by atoms with Gasteiger partial charge in [0, 0.05) is 46.8 Å². The van der Waals surface area contributed by atoms with Gasteiger partial charge in [0.25, 0.3) is 0 Å². The number of aromatic nitrogens is 2. The van der Waals surface area contributed by atoms with Crippen LogP contribution in [0.25, 0.3) is 17.0 Å². The highest BCUT2D eigenvalue weighted by atomic mass is 35.5. The lowest BCUT2D eigenvalue weighted by Crippen LogP contribution is -2.35. The highest BCUT2D eigenvalue weighted by Crippen LogP contribution is 2.32. The number of hydrogen-bond donors (Lipinski definition) is 3. The van der Waals surface area contributed by atoms with E-state index in [9.17, 15) is 5.11 Å². The molecule has 0 saturated heterocycles. The van der Waals surface area contributed by atoms with Crippen LogP contribution in [-0.4, -0.2) is 40.4 Å². The van der Waals surface area contributed by atoms with Gasteiger partial charge in [0.15, 0.2) is 0 Å². The van der Waals surface area contributed by atoms with Crippen LogP contribution in [0.3, 0.4) is 0 Å². The van der Waals surface area contributed by atoms with E-state index in [1.54, 1.807) is 12.3 Å². The summed E-state index contributed by atoms with van der Waals surface area (Å²) in [4.78, 5) is 4.17. The van der Waals surface area contributed by atoms with E-state index in [0.717, 1.165) is 42.0 Å². The van der Waals surface area contributed by atoms with E-state index < -0.39 is 0 Å². The van der Waals surface area contributed by atoms with Crippen LogP contribution in [0.1, 0.15) is 31.2 Å². The molecule has 2 aromatic rings. The topological polar surface area (TPSA) is 74.5 Å². The minimum Gasteiger partial charge on any atom is -0.508 e. The highest BCUT2D eigenvalue weighted by molar-refractivity contribution is 6.31. The fraction of sp³-hybridized carbons (Fsp3) is 0.400. The average Bonchev–Trinajstić information content (AvgIpc) is 3.04. The lowest BCUT2D eigenvalue weighted by molar-refractivity contribution is 0.335. The van der Waals surface area contributed by atoms with Crippen molar-refractivity contribution in [2.24, 2.45) is 4.99 Å². The molecule has 2 aliphatic rings. The summed E-state index contributed by atoms with van der Waals surface area (Å²) in [6.07, 6.45) is 10.8. The molecule has 0 radical (unpaired) electrons. The molecule has 0 bridgehead atoms. The SMILES string of the molecule is Oc1cc(Cl)cc(-c2nn(CCCNC3CCC3)cc2C2=CC=NCN2)c1. The molecular weight excluding hydrogens is 362 g/mol. The first-order valence-corrected chi connectivity index (χ1v) is 9.82. The highest BCUT2D eigenvalue weighted by Gasteiger charge is 2.18. The third-order valence-electron chi connectivity index (χ3n) is 5.02. The summed E-state index contributed by atoms with van der Waals surface area (Å²) >= 11 is 6.14. The number of hydrogen-bond acceptors (Lipinski definition) is 5. The van der Waals surface area contributed by atoms with Crippen LogP contribution in [0.5, 0.6) is 5.75 Å². The molecular formula is C20H24ClN5O. The first-order chi connectivity index (χ1) is 13.2. The van der Waals surface area contributed by atoms with Gasteiger partial charge in [0.1, 0.15) is 18.1 Å². The molecule has 1 aromatic carbocycles. The maximum atomic E-state index is 9.94. The van der Waals surface area contributed by atoms with Crippen LogP contribution in [0.2, 0.25) is 5.02 Å². The van der Waals surface area contributed by atoms with Crippen molar-refractivity contribution in [1.29, 1.82) is 0 Å². The van der Waals surface area contributed by atoms with Gasteiger partial charge in [-0.3, -0.25) is 9.67 Å². The summed E-state index contributed by atoms with van der Waals surface area (Å²) in [5.41, 5.74) is 3.55. The number of halogens is 1. The number of allylic oxidation sites excluding steroid dienone is 1. The molecule has 0 unspecified atom stereocenters. The molecule has 0 spiro atoms. The summed E-state index contributed by atoms with van der Waals surface area (Å²) < 4.78 is 1.97. The smallest absolute Gasteiger partial charge is 0.117 e. The normalized spacial score (nSPS) is 16.7. The van der Waals surface area contributed by atoms with E-state index in [4.69, 9.17) is 16.7 Å². The maximum Gasteiger partial charge on any atom is 0.117 e. The zero-order valence-corrected chi connectivity index (χ0v) is 15.9. The second-order valence-corrected chi connectivity index (χ2v) is 7.47. The Kier molecular flexibility index (Phi) is 5.45. The Morgan fingerprint density at radius 2 is 2.19 bits per heavy atom. The lowest BCUT2D eigenvalue weighted by atomic mass is 9.93. The van der Waals surface area contributed by atoms with Crippen LogP contribution < -0.4 is 10.6 Å². The maximum absolute atomic E-state index is 9.94. The van der Waals surface area contributed by atoms with Crippen LogP contribution in [-0.2, 0) is 6.54 Å². The summed E-state index contributed by atoms with van der Waals surface area (Å²) in [6, 6.07) is 5.75. The number of aliphatic imine (C=N–C) groups is 1. The van der Waals surface area contributed by atoms with Crippen molar-refractivity contribution in [3.63, 3.8) is 0 Å². The molecule has 0 atom stereocenters. The quantitative estimate of drug-likeness (QED) is 0.638. The van der Waals surface area contributed by atoms with E-state index in [-0.39, 0.29) is 5.75 Å². The van der Waals surface area contributed by atoms with Crippen molar-refractivity contribution in [3.05, 3.63) is 41.1 Å². The molecule has 142 valence electrons. The summed E-state index contributed by atoms with van der Waals surface area (Å²) in [6.45, 7) is 2.38. The van der Waals surface area contributed by atoms with Gasteiger partial charge in [-0.1, -0.05) is 18.0 Å². The van der Waals surface area contributed by atoms with E-state index in [2.05, 4.69) is 21.8 Å². The van der Waals surface area contributed by atoms with Crippen molar-refractivity contribution in [3.8, 4) is 17.0 Å². The third-order valence-corrected chi connectivity index (χ3v) is 5.24. The second kappa shape index (κ2) is 8.15. The van der Waals surface area contributed by atoms with Gasteiger partial charge in [0.2, 0.25) is 0 Å². The molecule has 4 rings (SSSR count). The van der Waals surface area contributed by atoms with E-state index in [1.807, 2.05) is 16.8 Å². The zero-order chi connectivity index (χ0) is 18.6. The minimum absolute atomic E-state index is 0.134. The molecule has 6 nitrogen and oxygen atoms in total. The fourth-order valence-electron chi connectivity index (χ4n) is 3.37. The number of aromatic hydroxyl groups is 1. The van der Waals surface area contributed by atoms with Gasteiger partial charge >= 0.3 is 0 Å². The van der Waals surface area contributed by atoms with Crippen molar-refractivity contribution in [2.75, 3.05) is 13.2 Å². The van der Waals surface area contributed by atoms with Crippen LogP contribution in [0, 0.1) is 0 Å². The average molecular weight is 386 g/mol. The Morgan fingerprint density at radius 3 is 2.89 bits per heavy atom. The lowest BCUT2D eigenvalue weighted by Gasteiger charge is -2.26. The standard InChI is InChI=1S/C20H24ClN5O/c21-15-9-14(10-17(27)11-15)20-18(19-5-7-22-13-24-19)12-26(25-20)8-2-6-23-16-3-1-4-16/h5,7,9-12,16,23-24,27H,1-4,6,8,13H2. The molecule has 1 fully saturated rings. The molecule has 0 amide bonds. The van der Waals surface area contributed by atoms with Gasteiger partial charge in [-0.15, -0.1) is 0 Å². The number of nitrogens with one attached hydrogen (secondary N) is 2. The number of phenolic OH excluding ortho intramolecular Hbond substituents is 1. The van der Waals surface area contributed by atoms with Crippen LogP contribution >= 0.6 is 11.6 Å². The van der Waals surface area contributed by atoms with E-state index in [1.165, 1.54) is 25.3 Å². The van der Waals surface area contributed by atoms with Gasteiger partial charge in [-0.25, -0.2) is 0 Å². The Morgan fingerprint density at radius 1 is 1.30 bits per heavy atom. The number of aryl methyl sites for hydroxylation is 1. The third kappa shape index (κ3) is 4.34. The predicted molar refractivity (Wildman–Crippen MR) is 109 cm³/mol. The molecule has 2 heterocycles. The Bertz CT molecular complexity index is 849. The van der Waals surface area contributed by atoms with Gasteiger partial charge < -0.3 is 15.7 Å². The fourth-order valence-corrected chi connectivity index (χ4v) is 3.60. The molecule has 1 aliphatic heterocycles. The molecule has 1 saturated carbocycles. The van der Waals surface area contributed by atoms with Crippen LogP contribution in [0.15, 0.2) is 35.5 Å². The Labute approximate surface area is 164 Å². The Hall–Kier alpha value is -2.31. The van der Waals surface area contributed by atoms with Gasteiger partial charge in [-0.05, 0) is 50.1 Å². The number of rotatable bonds is 7. The van der Waals surface area contributed by atoms with Crippen LogP contribution in [0.4, 0.5) is 0 Å². The van der Waals surface area contributed by atoms with Crippen molar-refractivity contribution >= 4 is 23.5 Å². The number of phenols is 1. The van der Waals surface area contributed by atoms with Gasteiger partial charge in [-0.2, -0.15) is 5.10 Å². The van der Waals surface area contributed by atoms with Crippen molar-refractivity contribution < 1.29 is 5.11 Å².